The number of piperazine rings is 1. The van der Waals surface area contributed by atoms with Crippen LogP contribution in [0.4, 0.5) is 4.79 Å². The molecule has 27 heavy (non-hydrogen) atoms. The van der Waals surface area contributed by atoms with Crippen molar-refractivity contribution in [1.29, 1.82) is 0 Å². The third kappa shape index (κ3) is 5.82. The van der Waals surface area contributed by atoms with Crippen LogP contribution in [0, 0.1) is 0 Å². The zero-order valence-electron chi connectivity index (χ0n) is 15.2. The first-order valence-corrected chi connectivity index (χ1v) is 9.08. The van der Waals surface area contributed by atoms with Crippen molar-refractivity contribution in [2.24, 2.45) is 0 Å². The lowest BCUT2D eigenvalue weighted by molar-refractivity contribution is -0.136. The summed E-state index contributed by atoms with van der Waals surface area (Å²) in [5.74, 6) is -0.821. The Morgan fingerprint density at radius 2 is 1.48 bits per heavy atom. The molecular weight excluding hydrogens is 344 g/mol. The normalized spacial score (nSPS) is 14.7. The maximum atomic E-state index is 12.2. The van der Waals surface area contributed by atoms with E-state index in [-0.39, 0.29) is 12.5 Å². The van der Waals surface area contributed by atoms with Crippen molar-refractivity contribution in [1.82, 2.24) is 9.80 Å². The maximum Gasteiger partial charge on any atom is 0.410 e. The Morgan fingerprint density at radius 1 is 0.852 bits per heavy atom. The van der Waals surface area contributed by atoms with Crippen molar-refractivity contribution >= 4 is 12.1 Å². The molecule has 6 heteroatoms. The Labute approximate surface area is 159 Å². The number of carboxylic acid groups (broad SMARTS) is 1. The van der Waals surface area contributed by atoms with Gasteiger partial charge in [0.15, 0.2) is 0 Å². The zero-order valence-corrected chi connectivity index (χ0v) is 15.2. The Morgan fingerprint density at radius 3 is 2.11 bits per heavy atom. The van der Waals surface area contributed by atoms with Gasteiger partial charge in [0.2, 0.25) is 0 Å². The first kappa shape index (κ1) is 18.9. The van der Waals surface area contributed by atoms with Gasteiger partial charge in [-0.1, -0.05) is 54.6 Å². The highest BCUT2D eigenvalue weighted by Gasteiger charge is 2.22. The summed E-state index contributed by atoms with van der Waals surface area (Å²) in [6.45, 7) is 3.95. The fraction of sp³-hybridized carbons (Fsp3) is 0.333. The lowest BCUT2D eigenvalue weighted by Gasteiger charge is -2.34. The smallest absolute Gasteiger partial charge is 0.410 e. The van der Waals surface area contributed by atoms with Crippen LogP contribution in [-0.4, -0.2) is 53.1 Å². The number of rotatable bonds is 6. The van der Waals surface area contributed by atoms with Gasteiger partial charge in [0.25, 0.3) is 0 Å². The van der Waals surface area contributed by atoms with E-state index < -0.39 is 5.97 Å². The minimum Gasteiger partial charge on any atom is -0.481 e. The standard InChI is InChI=1S/C21H24N2O4/c24-20(25)14-17-6-8-18(9-7-17)15-22-10-12-23(13-11-22)21(26)27-16-19-4-2-1-3-5-19/h1-9H,10-16H2,(H,24,25). The van der Waals surface area contributed by atoms with Crippen molar-refractivity contribution in [2.45, 2.75) is 19.6 Å². The van der Waals surface area contributed by atoms with Crippen molar-refractivity contribution in [2.75, 3.05) is 26.2 Å². The van der Waals surface area contributed by atoms with E-state index in [2.05, 4.69) is 4.90 Å². The lowest BCUT2D eigenvalue weighted by Crippen LogP contribution is -2.48. The molecule has 0 aromatic heterocycles. The molecular formula is C21H24N2O4. The molecule has 142 valence electrons. The zero-order chi connectivity index (χ0) is 19.1. The number of amides is 1. The Hall–Kier alpha value is -2.86. The van der Waals surface area contributed by atoms with Gasteiger partial charge >= 0.3 is 12.1 Å². The summed E-state index contributed by atoms with van der Waals surface area (Å²) >= 11 is 0. The topological polar surface area (TPSA) is 70.1 Å². The van der Waals surface area contributed by atoms with Gasteiger partial charge in [-0.2, -0.15) is 0 Å². The van der Waals surface area contributed by atoms with Crippen molar-refractivity contribution in [3.05, 3.63) is 71.3 Å². The highest BCUT2D eigenvalue weighted by Crippen LogP contribution is 2.12. The van der Waals surface area contributed by atoms with E-state index in [0.717, 1.165) is 36.3 Å². The van der Waals surface area contributed by atoms with Crippen LogP contribution in [0.3, 0.4) is 0 Å². The highest BCUT2D eigenvalue weighted by molar-refractivity contribution is 5.70. The monoisotopic (exact) mass is 368 g/mol. The van der Waals surface area contributed by atoms with Crippen molar-refractivity contribution in [3.8, 4) is 0 Å². The molecule has 0 bridgehead atoms. The van der Waals surface area contributed by atoms with Crippen LogP contribution in [-0.2, 0) is 29.1 Å². The SMILES string of the molecule is O=C(O)Cc1ccc(CN2CCN(C(=O)OCc3ccccc3)CC2)cc1. The molecule has 6 nitrogen and oxygen atoms in total. The molecule has 0 atom stereocenters. The van der Waals surface area contributed by atoms with Crippen LogP contribution >= 0.6 is 0 Å². The molecule has 1 aliphatic heterocycles. The van der Waals surface area contributed by atoms with E-state index in [1.54, 1.807) is 4.90 Å². The number of ether oxygens (including phenoxy) is 1. The van der Waals surface area contributed by atoms with Crippen molar-refractivity contribution in [3.63, 3.8) is 0 Å². The van der Waals surface area contributed by atoms with Crippen LogP contribution in [0.2, 0.25) is 0 Å². The number of carboxylic acids is 1. The first-order valence-electron chi connectivity index (χ1n) is 9.08. The summed E-state index contributed by atoms with van der Waals surface area (Å²) in [5, 5.41) is 8.82. The average molecular weight is 368 g/mol. The van der Waals surface area contributed by atoms with E-state index in [0.29, 0.717) is 19.7 Å². The van der Waals surface area contributed by atoms with Gasteiger partial charge < -0.3 is 14.7 Å². The fourth-order valence-corrected chi connectivity index (χ4v) is 3.09. The van der Waals surface area contributed by atoms with E-state index >= 15 is 0 Å². The van der Waals surface area contributed by atoms with Crippen LogP contribution in [0.1, 0.15) is 16.7 Å². The number of carbonyl (C=O) groups is 2. The van der Waals surface area contributed by atoms with Crippen LogP contribution in [0.25, 0.3) is 0 Å². The molecule has 1 amide bonds. The predicted molar refractivity (Wildman–Crippen MR) is 101 cm³/mol. The number of nitrogens with zero attached hydrogens (tertiary/aromatic N) is 2. The summed E-state index contributed by atoms with van der Waals surface area (Å²) in [5.41, 5.74) is 2.93. The summed E-state index contributed by atoms with van der Waals surface area (Å²) < 4.78 is 5.39. The van der Waals surface area contributed by atoms with Crippen LogP contribution in [0.5, 0.6) is 0 Å². The van der Waals surface area contributed by atoms with Crippen molar-refractivity contribution < 1.29 is 19.4 Å². The first-order chi connectivity index (χ1) is 13.1. The molecule has 0 saturated carbocycles. The largest absolute Gasteiger partial charge is 0.481 e. The number of benzene rings is 2. The van der Waals surface area contributed by atoms with E-state index in [1.807, 2.05) is 54.6 Å². The summed E-state index contributed by atoms with van der Waals surface area (Å²) in [6.07, 6.45) is -0.221. The number of aliphatic carboxylic acids is 1. The summed E-state index contributed by atoms with van der Waals surface area (Å²) in [6, 6.07) is 17.3. The minimum atomic E-state index is -0.821. The fourth-order valence-electron chi connectivity index (χ4n) is 3.09. The third-order valence-electron chi connectivity index (χ3n) is 4.62. The van der Waals surface area contributed by atoms with Gasteiger partial charge in [-0.3, -0.25) is 9.69 Å². The molecule has 2 aromatic carbocycles. The third-order valence-corrected chi connectivity index (χ3v) is 4.62. The second-order valence-corrected chi connectivity index (χ2v) is 6.69. The highest BCUT2D eigenvalue weighted by atomic mass is 16.6. The molecule has 1 saturated heterocycles. The summed E-state index contributed by atoms with van der Waals surface area (Å²) in [4.78, 5) is 27.0. The van der Waals surface area contributed by atoms with Gasteiger partial charge in [0, 0.05) is 32.7 Å². The van der Waals surface area contributed by atoms with E-state index in [4.69, 9.17) is 9.84 Å². The Bertz CT molecular complexity index is 754. The van der Waals surface area contributed by atoms with Gasteiger partial charge in [-0.05, 0) is 16.7 Å². The number of carbonyl (C=O) groups excluding carboxylic acids is 1. The predicted octanol–water partition coefficient (Wildman–Crippen LogP) is 2.77. The molecule has 1 N–H and O–H groups in total. The molecule has 3 rings (SSSR count). The van der Waals surface area contributed by atoms with E-state index in [9.17, 15) is 9.59 Å². The molecule has 1 fully saturated rings. The molecule has 2 aromatic rings. The van der Waals surface area contributed by atoms with Gasteiger partial charge in [-0.15, -0.1) is 0 Å². The second kappa shape index (κ2) is 9.19. The summed E-state index contributed by atoms with van der Waals surface area (Å²) in [7, 11) is 0. The quantitative estimate of drug-likeness (QED) is 0.849. The van der Waals surface area contributed by atoms with Gasteiger partial charge in [0.1, 0.15) is 6.61 Å². The maximum absolute atomic E-state index is 12.2. The Balaban J connectivity index is 1.41. The molecule has 0 radical (unpaired) electrons. The minimum absolute atomic E-state index is 0.0457. The lowest BCUT2D eigenvalue weighted by atomic mass is 10.1. The second-order valence-electron chi connectivity index (χ2n) is 6.69. The van der Waals surface area contributed by atoms with Gasteiger partial charge in [-0.25, -0.2) is 4.79 Å². The molecule has 0 unspecified atom stereocenters. The number of hydrogen-bond donors (Lipinski definition) is 1. The molecule has 1 heterocycles. The van der Waals surface area contributed by atoms with Crippen LogP contribution < -0.4 is 0 Å². The van der Waals surface area contributed by atoms with Gasteiger partial charge in [0.05, 0.1) is 6.42 Å². The average Bonchev–Trinajstić information content (AvgIpc) is 2.69. The molecule has 0 spiro atoms. The number of hydrogen-bond acceptors (Lipinski definition) is 4. The molecule has 0 aliphatic carbocycles. The molecule has 1 aliphatic rings. The van der Waals surface area contributed by atoms with E-state index in [1.165, 1.54) is 0 Å². The Kier molecular flexibility index (Phi) is 6.44. The van der Waals surface area contributed by atoms with Crippen LogP contribution in [0.15, 0.2) is 54.6 Å².